The van der Waals surface area contributed by atoms with E-state index in [-0.39, 0.29) is 38.5 Å². The Labute approximate surface area is 114 Å². The molecule has 0 spiro atoms. The van der Waals surface area contributed by atoms with Crippen LogP contribution in [-0.2, 0) is 39.1 Å². The second-order valence-electron chi connectivity index (χ2n) is 2.65. The molecule has 77 valence electrons. The summed E-state index contributed by atoms with van der Waals surface area (Å²) in [5.74, 6) is 1.27. The number of aromatic nitrogens is 3. The molecule has 1 radical (unpaired) electrons. The summed E-state index contributed by atoms with van der Waals surface area (Å²) in [4.78, 5) is 7.45. The van der Waals surface area contributed by atoms with Crippen LogP contribution in [0.4, 0.5) is 5.82 Å². The van der Waals surface area contributed by atoms with Gasteiger partial charge in [0.25, 0.3) is 0 Å². The van der Waals surface area contributed by atoms with Crippen LogP contribution in [0.1, 0.15) is 18.4 Å². The molecule has 6 heteroatoms. The van der Waals surface area contributed by atoms with Gasteiger partial charge < -0.3 is 16.9 Å². The van der Waals surface area contributed by atoms with Gasteiger partial charge >= 0.3 is 0 Å². The average molecular weight is 278 g/mol. The molecule has 0 fully saturated rings. The van der Waals surface area contributed by atoms with Gasteiger partial charge in [-0.3, -0.25) is 0 Å². The van der Waals surface area contributed by atoms with Crippen molar-refractivity contribution in [2.75, 3.05) is 5.32 Å². The minimum Gasteiger partial charge on any atom is -0.577 e. The molecule has 1 aromatic heterocycles. The number of nitrogens with zero attached hydrogens (tertiary/aromatic N) is 4. The molecule has 1 rings (SSSR count). The van der Waals surface area contributed by atoms with E-state index in [1.807, 2.05) is 6.92 Å². The molecule has 1 N–H and O–H groups in total. The maximum atomic E-state index is 5.39. The minimum atomic E-state index is 0. The molecule has 0 aliphatic carbocycles. The number of aliphatic imine (C=N–C) groups is 1. The van der Waals surface area contributed by atoms with Gasteiger partial charge in [-0.25, -0.2) is 10.8 Å². The van der Waals surface area contributed by atoms with Crippen molar-refractivity contribution in [1.82, 2.24) is 15.2 Å². The molecule has 0 unspecified atom stereocenters. The van der Waals surface area contributed by atoms with Crippen LogP contribution >= 0.6 is 0 Å². The molecule has 0 aliphatic rings. The Balaban J connectivity index is 0.00000196. The van der Waals surface area contributed by atoms with Crippen molar-refractivity contribution in [3.05, 3.63) is 23.9 Å². The molecule has 15 heavy (non-hydrogen) atoms. The molecule has 1 heterocycles. The third kappa shape index (κ3) is 4.14. The summed E-state index contributed by atoms with van der Waals surface area (Å²) in [6, 6.07) is 0. The van der Waals surface area contributed by atoms with E-state index in [9.17, 15) is 0 Å². The quantitative estimate of drug-likeness (QED) is 0.659. The van der Waals surface area contributed by atoms with Crippen LogP contribution in [0.25, 0.3) is 0 Å². The normalized spacial score (nSPS) is 8.93. The van der Waals surface area contributed by atoms with E-state index in [2.05, 4.69) is 25.5 Å². The maximum Gasteiger partial charge on any atom is 0.153 e. The third-order valence-corrected chi connectivity index (χ3v) is 1.60. The van der Waals surface area contributed by atoms with Crippen molar-refractivity contribution >= 4 is 12.5 Å². The number of hydrogen-bond acceptors (Lipinski definition) is 5. The number of aryl methyl sites for hydroxylation is 2. The Morgan fingerprint density at radius 3 is 2.67 bits per heavy atom. The van der Waals surface area contributed by atoms with Crippen LogP contribution in [-0.4, -0.2) is 21.9 Å². The van der Waals surface area contributed by atoms with Crippen molar-refractivity contribution in [3.63, 3.8) is 0 Å². The van der Waals surface area contributed by atoms with Gasteiger partial charge in [0.05, 0.1) is 0 Å². The first kappa shape index (κ1) is 14.3. The molecule has 0 saturated carbocycles. The second kappa shape index (κ2) is 6.74. The summed E-state index contributed by atoms with van der Waals surface area (Å²) < 4.78 is 0. The van der Waals surface area contributed by atoms with Crippen molar-refractivity contribution in [3.8, 4) is 0 Å². The van der Waals surface area contributed by atoms with E-state index < -0.39 is 0 Å². The van der Waals surface area contributed by atoms with Gasteiger partial charge in [0.15, 0.2) is 5.82 Å². The van der Waals surface area contributed by atoms with Crippen LogP contribution in [0.3, 0.4) is 0 Å². The van der Waals surface area contributed by atoms with Gasteiger partial charge in [0, 0.05) is 39.1 Å². The first-order chi connectivity index (χ1) is 6.67. The predicted molar refractivity (Wildman–Crippen MR) is 53.9 cm³/mol. The van der Waals surface area contributed by atoms with Crippen LogP contribution < -0.4 is 5.32 Å². The topological polar surface area (TPSA) is 63.1 Å². The van der Waals surface area contributed by atoms with Gasteiger partial charge in [-0.1, -0.05) is 6.92 Å². The van der Waals surface area contributed by atoms with E-state index in [4.69, 9.17) is 13.3 Å². The molecule has 0 aromatic carbocycles. The summed E-state index contributed by atoms with van der Waals surface area (Å²) in [6.07, 6.45) is 0.710. The first-order valence-corrected chi connectivity index (χ1v) is 4.18. The van der Waals surface area contributed by atoms with Crippen LogP contribution in [0, 0.1) is 13.5 Å². The Kier molecular flexibility index (Phi) is 6.44. The fraction of sp³-hybridized carbons (Fsp3) is 0.333. The van der Waals surface area contributed by atoms with Crippen LogP contribution in [0.2, 0.25) is 0 Å². The van der Waals surface area contributed by atoms with Crippen molar-refractivity contribution in [1.29, 1.82) is 0 Å². The molecular formula is C9H11N5Y-2. The molecule has 0 amide bonds. The molecular weight excluding hydrogens is 267 g/mol. The fourth-order valence-corrected chi connectivity index (χ4v) is 0.834. The fourth-order valence-electron chi connectivity index (χ4n) is 0.834. The van der Waals surface area contributed by atoms with E-state index >= 15 is 0 Å². The Morgan fingerprint density at radius 2 is 2.13 bits per heavy atom. The molecule has 0 atom stereocenters. The van der Waals surface area contributed by atoms with Gasteiger partial charge in [-0.15, -0.1) is 5.10 Å². The van der Waals surface area contributed by atoms with Gasteiger partial charge in [-0.05, 0) is 6.92 Å². The number of hydrogen-bond donors (Lipinski definition) is 1. The summed E-state index contributed by atoms with van der Waals surface area (Å²) in [7, 11) is 0. The maximum absolute atomic E-state index is 5.39. The molecule has 1 aromatic rings. The SMILES string of the molecule is [CH-]=NC(=[CH-])Nc1nc(CC)nnc1C.[Y]. The minimum absolute atomic E-state index is 0. The van der Waals surface area contributed by atoms with Crippen LogP contribution in [0.5, 0.6) is 0 Å². The van der Waals surface area contributed by atoms with Gasteiger partial charge in [0.1, 0.15) is 11.5 Å². The molecule has 0 saturated heterocycles. The molecule has 0 aliphatic heterocycles. The van der Waals surface area contributed by atoms with E-state index in [1.165, 1.54) is 0 Å². The largest absolute Gasteiger partial charge is 0.577 e. The van der Waals surface area contributed by atoms with Crippen molar-refractivity contribution in [2.24, 2.45) is 4.99 Å². The molecule has 0 bridgehead atoms. The monoisotopic (exact) mass is 278 g/mol. The standard InChI is InChI=1S/C9H11N5.Y/c1-5-8-12-9(6(2)13-14-8)11-7(3)10-4;/h3-4H,5H2,1-2H3,(H,11,12,14);/q-2;. The third-order valence-electron chi connectivity index (χ3n) is 1.60. The van der Waals surface area contributed by atoms with Gasteiger partial charge in [-0.2, -0.15) is 11.8 Å². The Morgan fingerprint density at radius 1 is 1.47 bits per heavy atom. The zero-order chi connectivity index (χ0) is 10.6. The summed E-state index contributed by atoms with van der Waals surface area (Å²) >= 11 is 0. The summed E-state index contributed by atoms with van der Waals surface area (Å²) in [5, 5.41) is 10.5. The van der Waals surface area contributed by atoms with E-state index in [0.717, 1.165) is 0 Å². The number of nitrogens with one attached hydrogen (secondary N) is 1. The van der Waals surface area contributed by atoms with E-state index in [1.54, 1.807) is 6.92 Å². The van der Waals surface area contributed by atoms with Crippen LogP contribution in [0.15, 0.2) is 10.8 Å². The number of anilines is 1. The molecule has 5 nitrogen and oxygen atoms in total. The Bertz CT molecular complexity index is 364. The van der Waals surface area contributed by atoms with Gasteiger partial charge in [0.2, 0.25) is 0 Å². The predicted octanol–water partition coefficient (Wildman–Crippen LogP) is 1.00. The van der Waals surface area contributed by atoms with E-state index in [0.29, 0.717) is 23.8 Å². The smallest absolute Gasteiger partial charge is 0.153 e. The summed E-state index contributed by atoms with van der Waals surface area (Å²) in [6.45, 7) is 14.1. The van der Waals surface area contributed by atoms with Crippen molar-refractivity contribution in [2.45, 2.75) is 20.3 Å². The Hall–Kier alpha value is -0.676. The number of rotatable bonds is 4. The van der Waals surface area contributed by atoms with Crippen molar-refractivity contribution < 1.29 is 32.7 Å². The summed E-state index contributed by atoms with van der Waals surface area (Å²) in [5.41, 5.74) is 0.647. The first-order valence-electron chi connectivity index (χ1n) is 4.18. The second-order valence-corrected chi connectivity index (χ2v) is 2.65. The zero-order valence-corrected chi connectivity index (χ0v) is 11.6. The zero-order valence-electron chi connectivity index (χ0n) is 8.73. The average Bonchev–Trinajstić information content (AvgIpc) is 2.21.